The maximum atomic E-state index is 12.3. The number of hydrogen-bond donors (Lipinski definition) is 0. The number of rotatable bonds is 6. The van der Waals surface area contributed by atoms with Gasteiger partial charge < -0.3 is 4.90 Å². The average molecular weight is 276 g/mol. The van der Waals surface area contributed by atoms with Crippen LogP contribution in [0.1, 0.15) is 36.2 Å². The van der Waals surface area contributed by atoms with E-state index in [4.69, 9.17) is 5.26 Å². The van der Waals surface area contributed by atoms with Crippen molar-refractivity contribution in [3.63, 3.8) is 0 Å². The fraction of sp³-hybridized carbons (Fsp3) is 0.467. The zero-order valence-corrected chi connectivity index (χ0v) is 12.5. The van der Waals surface area contributed by atoms with Gasteiger partial charge in [0.15, 0.2) is 0 Å². The molecule has 102 valence electrons. The van der Waals surface area contributed by atoms with Crippen LogP contribution in [0.5, 0.6) is 0 Å². The lowest BCUT2D eigenvalue weighted by Crippen LogP contribution is -2.35. The van der Waals surface area contributed by atoms with Crippen molar-refractivity contribution in [3.8, 4) is 6.07 Å². The minimum atomic E-state index is -0.0221. The number of hydrogen-bond acceptors (Lipinski definition) is 3. The van der Waals surface area contributed by atoms with E-state index in [2.05, 4.69) is 19.9 Å². The van der Waals surface area contributed by atoms with Crippen molar-refractivity contribution in [2.75, 3.05) is 18.6 Å². The maximum absolute atomic E-state index is 12.3. The molecule has 19 heavy (non-hydrogen) atoms. The Hall–Kier alpha value is -1.47. The van der Waals surface area contributed by atoms with Crippen LogP contribution >= 0.6 is 11.8 Å². The number of nitrogens with zero attached hydrogens (tertiary/aromatic N) is 2. The molecule has 0 fully saturated rings. The molecule has 0 spiro atoms. The van der Waals surface area contributed by atoms with Crippen LogP contribution in [0.4, 0.5) is 0 Å². The Morgan fingerprint density at radius 1 is 1.53 bits per heavy atom. The van der Waals surface area contributed by atoms with Gasteiger partial charge in [0.2, 0.25) is 0 Å². The first kappa shape index (κ1) is 15.6. The molecule has 0 aliphatic heterocycles. The minimum absolute atomic E-state index is 0.0221. The summed E-state index contributed by atoms with van der Waals surface area (Å²) in [7, 11) is 1.82. The quantitative estimate of drug-likeness (QED) is 0.750. The Kier molecular flexibility index (Phi) is 6.44. The van der Waals surface area contributed by atoms with E-state index >= 15 is 0 Å². The lowest BCUT2D eigenvalue weighted by Gasteiger charge is -2.25. The van der Waals surface area contributed by atoms with E-state index in [0.29, 0.717) is 11.1 Å². The molecule has 0 saturated carbocycles. The average Bonchev–Trinajstić information content (AvgIpc) is 2.45. The van der Waals surface area contributed by atoms with Gasteiger partial charge >= 0.3 is 0 Å². The van der Waals surface area contributed by atoms with Crippen molar-refractivity contribution in [2.45, 2.75) is 26.3 Å². The third kappa shape index (κ3) is 4.60. The molecule has 0 radical (unpaired) electrons. The molecule has 1 amide bonds. The Labute approximate surface area is 119 Å². The van der Waals surface area contributed by atoms with Crippen molar-refractivity contribution in [1.29, 1.82) is 5.26 Å². The van der Waals surface area contributed by atoms with Crippen LogP contribution in [0.3, 0.4) is 0 Å². The molecule has 3 nitrogen and oxygen atoms in total. The van der Waals surface area contributed by atoms with Gasteiger partial charge in [-0.3, -0.25) is 4.79 Å². The van der Waals surface area contributed by atoms with Crippen LogP contribution in [0.15, 0.2) is 24.3 Å². The van der Waals surface area contributed by atoms with Crippen molar-refractivity contribution >= 4 is 17.7 Å². The maximum Gasteiger partial charge on any atom is 0.253 e. The molecule has 0 saturated heterocycles. The molecule has 0 aromatic heterocycles. The molecule has 1 atom stereocenters. The fourth-order valence-corrected chi connectivity index (χ4v) is 2.51. The first-order valence-corrected chi connectivity index (χ1v) is 7.60. The highest BCUT2D eigenvalue weighted by atomic mass is 32.2. The van der Waals surface area contributed by atoms with Gasteiger partial charge in [-0.15, -0.1) is 0 Å². The van der Waals surface area contributed by atoms with E-state index in [1.807, 2.05) is 18.8 Å². The first-order chi connectivity index (χ1) is 9.10. The van der Waals surface area contributed by atoms with Crippen LogP contribution < -0.4 is 0 Å². The molecule has 0 N–H and O–H groups in total. The van der Waals surface area contributed by atoms with Crippen molar-refractivity contribution < 1.29 is 4.79 Å². The van der Waals surface area contributed by atoms with Gasteiger partial charge in [-0.25, -0.2) is 0 Å². The molecule has 0 unspecified atom stereocenters. The van der Waals surface area contributed by atoms with E-state index in [9.17, 15) is 4.79 Å². The van der Waals surface area contributed by atoms with Gasteiger partial charge in [-0.1, -0.05) is 13.0 Å². The Balaban J connectivity index is 2.68. The molecule has 0 bridgehead atoms. The van der Waals surface area contributed by atoms with Gasteiger partial charge in [0.25, 0.3) is 5.91 Å². The molecular weight excluding hydrogens is 256 g/mol. The summed E-state index contributed by atoms with van der Waals surface area (Å²) in [5.74, 6) is 2.15. The van der Waals surface area contributed by atoms with Gasteiger partial charge in [-0.2, -0.15) is 17.0 Å². The van der Waals surface area contributed by atoms with Gasteiger partial charge in [0, 0.05) is 18.7 Å². The Bertz CT molecular complexity index is 467. The largest absolute Gasteiger partial charge is 0.339 e. The minimum Gasteiger partial charge on any atom is -0.339 e. The Morgan fingerprint density at radius 3 is 2.89 bits per heavy atom. The molecular formula is C15H20N2OS. The molecule has 0 aliphatic rings. The molecule has 0 aliphatic carbocycles. The second-order valence-corrected chi connectivity index (χ2v) is 5.84. The lowest BCUT2D eigenvalue weighted by molar-refractivity contribution is 0.0741. The summed E-state index contributed by atoms with van der Waals surface area (Å²) in [6.07, 6.45) is 0.985. The van der Waals surface area contributed by atoms with Crippen LogP contribution in [0, 0.1) is 11.3 Å². The predicted octanol–water partition coefficient (Wildman–Crippen LogP) is 3.16. The van der Waals surface area contributed by atoms with Gasteiger partial charge in [-0.05, 0) is 43.0 Å². The van der Waals surface area contributed by atoms with E-state index in [0.717, 1.165) is 17.9 Å². The number of nitriles is 1. The van der Waals surface area contributed by atoms with E-state index in [1.54, 1.807) is 29.2 Å². The summed E-state index contributed by atoms with van der Waals surface area (Å²) < 4.78 is 0. The highest BCUT2D eigenvalue weighted by Gasteiger charge is 2.17. The number of carbonyl (C=O) groups excluding carboxylic acids is 1. The van der Waals surface area contributed by atoms with E-state index in [-0.39, 0.29) is 11.9 Å². The summed E-state index contributed by atoms with van der Waals surface area (Å²) in [5.41, 5.74) is 1.10. The highest BCUT2D eigenvalue weighted by molar-refractivity contribution is 7.99. The van der Waals surface area contributed by atoms with E-state index in [1.165, 1.54) is 0 Å². The van der Waals surface area contributed by atoms with Crippen molar-refractivity contribution in [2.24, 2.45) is 0 Å². The third-order valence-electron chi connectivity index (χ3n) is 3.10. The summed E-state index contributed by atoms with van der Waals surface area (Å²) >= 11 is 1.89. The summed E-state index contributed by atoms with van der Waals surface area (Å²) in [6.45, 7) is 4.19. The smallest absolute Gasteiger partial charge is 0.253 e. The van der Waals surface area contributed by atoms with Crippen LogP contribution in [0.25, 0.3) is 0 Å². The van der Waals surface area contributed by atoms with Crippen LogP contribution in [-0.2, 0) is 0 Å². The van der Waals surface area contributed by atoms with Gasteiger partial charge in [0.05, 0.1) is 11.6 Å². The number of carbonyl (C=O) groups is 1. The van der Waals surface area contributed by atoms with Gasteiger partial charge in [0.1, 0.15) is 0 Å². The topological polar surface area (TPSA) is 44.1 Å². The Morgan fingerprint density at radius 2 is 2.26 bits per heavy atom. The number of amides is 1. The fourth-order valence-electron chi connectivity index (χ4n) is 1.72. The standard InChI is InChI=1S/C15H20N2OS/c1-4-19-9-8-12(2)17(3)15(18)14-7-5-6-13(10-14)11-16/h5-7,10,12H,4,8-9H2,1-3H3/t12-/m0/s1. The molecule has 1 rings (SSSR count). The second-order valence-electron chi connectivity index (χ2n) is 4.44. The van der Waals surface area contributed by atoms with Crippen LogP contribution in [-0.4, -0.2) is 35.4 Å². The van der Waals surface area contributed by atoms with Crippen LogP contribution in [0.2, 0.25) is 0 Å². The number of thioether (sulfide) groups is 1. The normalized spacial score (nSPS) is 11.7. The van der Waals surface area contributed by atoms with Crippen molar-refractivity contribution in [1.82, 2.24) is 4.90 Å². The molecule has 0 heterocycles. The zero-order valence-electron chi connectivity index (χ0n) is 11.7. The molecule has 1 aromatic rings. The summed E-state index contributed by atoms with van der Waals surface area (Å²) in [4.78, 5) is 14.1. The molecule has 1 aromatic carbocycles. The first-order valence-electron chi connectivity index (χ1n) is 6.45. The third-order valence-corrected chi connectivity index (χ3v) is 4.04. The highest BCUT2D eigenvalue weighted by Crippen LogP contribution is 2.13. The molecule has 4 heteroatoms. The van der Waals surface area contributed by atoms with Crippen molar-refractivity contribution in [3.05, 3.63) is 35.4 Å². The van der Waals surface area contributed by atoms with E-state index < -0.39 is 0 Å². The lowest BCUT2D eigenvalue weighted by atomic mass is 10.1. The summed E-state index contributed by atoms with van der Waals surface area (Å²) in [5, 5.41) is 8.86. The SMILES string of the molecule is CCSCC[C@H](C)N(C)C(=O)c1cccc(C#N)c1. The summed E-state index contributed by atoms with van der Waals surface area (Å²) in [6, 6.07) is 9.12. The second kappa shape index (κ2) is 7.85. The monoisotopic (exact) mass is 276 g/mol. The zero-order chi connectivity index (χ0) is 14.3. The predicted molar refractivity (Wildman–Crippen MR) is 80.3 cm³/mol. The number of benzene rings is 1.